The first kappa shape index (κ1) is 57.4. The standard InChI is InChI=1S/C49H81O14P/c1-3-5-7-9-11-13-15-17-18-19-20-21-23-25-27-29-31-35-43(51)61-39(38-60-64(57,58)63-49-47(55)45(53)44(52)46(54)48(49)56)37-59-42(50)36-32-34-41-40(62-41)33-30-28-26-24-22-16-14-12-10-8-6-4-2/h12,14,17-18,20-22,24-25,27-28,30,39-41,44-49,52-56H,3-11,13,15-16,19,23,26,29,31-38H2,1-2H3,(H,57,58)/b14-12-,18-17-,21-20-,24-22-,27-25-,30-28-/t39-,40?,41?,44?,45-,46+,47-,48-,49?/m1/s1. The Labute approximate surface area is 382 Å². The van der Waals surface area contributed by atoms with Crippen LogP contribution in [-0.2, 0) is 37.4 Å². The van der Waals surface area contributed by atoms with Gasteiger partial charge in [-0.05, 0) is 83.5 Å². The number of esters is 2. The highest BCUT2D eigenvalue weighted by Gasteiger charge is 2.51. The molecule has 0 amide bonds. The van der Waals surface area contributed by atoms with E-state index in [-0.39, 0.29) is 25.0 Å². The molecule has 366 valence electrons. The monoisotopic (exact) mass is 925 g/mol. The van der Waals surface area contributed by atoms with Gasteiger partial charge in [0.1, 0.15) is 43.2 Å². The molecule has 1 aliphatic carbocycles. The first-order valence-electron chi connectivity index (χ1n) is 23.9. The summed E-state index contributed by atoms with van der Waals surface area (Å²) in [5, 5.41) is 50.2. The van der Waals surface area contributed by atoms with Crippen LogP contribution in [0.25, 0.3) is 0 Å². The number of carbonyl (C=O) groups is 2. The van der Waals surface area contributed by atoms with Crippen LogP contribution in [0.3, 0.4) is 0 Å². The highest BCUT2D eigenvalue weighted by atomic mass is 31.2. The smallest absolute Gasteiger partial charge is 0.462 e. The summed E-state index contributed by atoms with van der Waals surface area (Å²) in [6, 6.07) is 0. The second-order valence-electron chi connectivity index (χ2n) is 16.6. The molecule has 5 unspecified atom stereocenters. The van der Waals surface area contributed by atoms with Crippen LogP contribution in [0.2, 0.25) is 0 Å². The summed E-state index contributed by atoms with van der Waals surface area (Å²) in [4.78, 5) is 35.8. The van der Waals surface area contributed by atoms with Gasteiger partial charge in [-0.3, -0.25) is 18.6 Å². The first-order valence-corrected chi connectivity index (χ1v) is 25.4. The minimum absolute atomic E-state index is 0.00513. The molecule has 10 atom stereocenters. The summed E-state index contributed by atoms with van der Waals surface area (Å²) in [7, 11) is -5.16. The lowest BCUT2D eigenvalue weighted by molar-refractivity contribution is -0.220. The third-order valence-electron chi connectivity index (χ3n) is 10.9. The second kappa shape index (κ2) is 35.4. The third kappa shape index (κ3) is 27.0. The van der Waals surface area contributed by atoms with E-state index in [4.69, 9.17) is 23.3 Å². The number of aliphatic hydroxyl groups excluding tert-OH is 5. The molecule has 0 spiro atoms. The maximum Gasteiger partial charge on any atom is 0.472 e. The normalized spacial score (nSPS) is 25.4. The SMILES string of the molecule is CCCCC/C=C\C/C=C\C/C=C\CC1OC1CCCC(=O)OC[C@H](COP(=O)(O)OC1[C@H](O)[C@H](O)C(O)[C@H](O)[C@H]1O)OC(=O)CCC/C=C\C/C=C\C/C=C\CCCCCCCC. The van der Waals surface area contributed by atoms with Gasteiger partial charge in [-0.25, -0.2) is 4.57 Å². The van der Waals surface area contributed by atoms with Crippen LogP contribution < -0.4 is 0 Å². The molecule has 1 saturated carbocycles. The van der Waals surface area contributed by atoms with Crippen LogP contribution in [0.1, 0.15) is 155 Å². The molecule has 64 heavy (non-hydrogen) atoms. The molecule has 0 bridgehead atoms. The Morgan fingerprint density at radius 1 is 0.562 bits per heavy atom. The van der Waals surface area contributed by atoms with Gasteiger partial charge in [0.2, 0.25) is 0 Å². The molecular formula is C49H81O14P. The molecule has 0 aromatic rings. The fourth-order valence-electron chi connectivity index (χ4n) is 6.98. The number of allylic oxidation sites excluding steroid dienone is 11. The van der Waals surface area contributed by atoms with Gasteiger partial charge in [0.25, 0.3) is 0 Å². The van der Waals surface area contributed by atoms with Crippen LogP contribution in [0.4, 0.5) is 0 Å². The van der Waals surface area contributed by atoms with Gasteiger partial charge in [0, 0.05) is 12.8 Å². The Morgan fingerprint density at radius 2 is 1.03 bits per heavy atom. The van der Waals surface area contributed by atoms with Gasteiger partial charge in [0.15, 0.2) is 6.10 Å². The molecule has 1 saturated heterocycles. The molecule has 0 aromatic heterocycles. The quantitative estimate of drug-likeness (QED) is 0.0113. The molecule has 0 radical (unpaired) electrons. The van der Waals surface area contributed by atoms with E-state index in [2.05, 4.69) is 74.6 Å². The van der Waals surface area contributed by atoms with Crippen molar-refractivity contribution in [2.75, 3.05) is 13.2 Å². The van der Waals surface area contributed by atoms with Crippen LogP contribution >= 0.6 is 7.82 Å². The zero-order chi connectivity index (χ0) is 46.8. The zero-order valence-electron chi connectivity index (χ0n) is 38.5. The largest absolute Gasteiger partial charge is 0.472 e. The van der Waals surface area contributed by atoms with Crippen molar-refractivity contribution in [1.29, 1.82) is 0 Å². The molecule has 2 aliphatic rings. The Kier molecular flexibility index (Phi) is 31.8. The van der Waals surface area contributed by atoms with Crippen molar-refractivity contribution >= 4 is 19.8 Å². The number of rotatable bonds is 37. The number of carbonyl (C=O) groups excluding carboxylic acids is 2. The van der Waals surface area contributed by atoms with E-state index in [1.54, 1.807) is 0 Å². The van der Waals surface area contributed by atoms with Crippen molar-refractivity contribution in [1.82, 2.24) is 0 Å². The predicted octanol–water partition coefficient (Wildman–Crippen LogP) is 8.49. The maximum absolute atomic E-state index is 12.8. The average Bonchev–Trinajstić information content (AvgIpc) is 4.03. The van der Waals surface area contributed by atoms with E-state index in [0.29, 0.717) is 25.7 Å². The van der Waals surface area contributed by atoms with Gasteiger partial charge in [0.05, 0.1) is 18.8 Å². The van der Waals surface area contributed by atoms with Crippen LogP contribution in [0.5, 0.6) is 0 Å². The van der Waals surface area contributed by atoms with E-state index in [0.717, 1.165) is 44.9 Å². The van der Waals surface area contributed by atoms with Gasteiger partial charge in [-0.2, -0.15) is 0 Å². The minimum atomic E-state index is -5.16. The van der Waals surface area contributed by atoms with Crippen molar-refractivity contribution < 1.29 is 67.8 Å². The van der Waals surface area contributed by atoms with Crippen molar-refractivity contribution in [3.8, 4) is 0 Å². The maximum atomic E-state index is 12.8. The fourth-order valence-corrected chi connectivity index (χ4v) is 7.95. The Bertz CT molecular complexity index is 1460. The lowest BCUT2D eigenvalue weighted by Crippen LogP contribution is -2.64. The summed E-state index contributed by atoms with van der Waals surface area (Å²) in [5.41, 5.74) is 0. The van der Waals surface area contributed by atoms with Crippen LogP contribution in [0, 0.1) is 0 Å². The average molecular weight is 925 g/mol. The van der Waals surface area contributed by atoms with E-state index in [1.165, 1.54) is 57.8 Å². The number of hydrogen-bond donors (Lipinski definition) is 6. The topological polar surface area (TPSA) is 222 Å². The van der Waals surface area contributed by atoms with Crippen molar-refractivity contribution in [3.63, 3.8) is 0 Å². The van der Waals surface area contributed by atoms with Crippen molar-refractivity contribution in [2.24, 2.45) is 0 Å². The summed E-state index contributed by atoms with van der Waals surface area (Å²) in [6.07, 6.45) is 32.6. The molecule has 6 N–H and O–H groups in total. The molecule has 1 aliphatic heterocycles. The predicted molar refractivity (Wildman–Crippen MR) is 248 cm³/mol. The highest BCUT2D eigenvalue weighted by molar-refractivity contribution is 7.47. The minimum Gasteiger partial charge on any atom is -0.462 e. The van der Waals surface area contributed by atoms with Gasteiger partial charge in [-0.15, -0.1) is 0 Å². The highest BCUT2D eigenvalue weighted by Crippen LogP contribution is 2.47. The van der Waals surface area contributed by atoms with E-state index < -0.39 is 75.7 Å². The number of phosphoric ester groups is 1. The lowest BCUT2D eigenvalue weighted by atomic mass is 9.85. The molecule has 14 nitrogen and oxygen atoms in total. The van der Waals surface area contributed by atoms with Crippen molar-refractivity contribution in [3.05, 3.63) is 72.9 Å². The number of unbranched alkanes of at least 4 members (excludes halogenated alkanes) is 10. The van der Waals surface area contributed by atoms with E-state index in [9.17, 15) is 44.6 Å². The number of aliphatic hydroxyl groups is 5. The van der Waals surface area contributed by atoms with Crippen LogP contribution in [0.15, 0.2) is 72.9 Å². The number of epoxide rings is 1. The Morgan fingerprint density at radius 3 is 1.62 bits per heavy atom. The van der Waals surface area contributed by atoms with Gasteiger partial charge < -0.3 is 44.6 Å². The van der Waals surface area contributed by atoms with E-state index in [1.807, 2.05) is 12.2 Å². The first-order chi connectivity index (χ1) is 30.9. The summed E-state index contributed by atoms with van der Waals surface area (Å²) in [5.74, 6) is -1.24. The molecular weight excluding hydrogens is 843 g/mol. The Hall–Kier alpha value is -2.75. The second-order valence-corrected chi connectivity index (χ2v) is 18.0. The zero-order valence-corrected chi connectivity index (χ0v) is 39.4. The van der Waals surface area contributed by atoms with E-state index >= 15 is 0 Å². The number of phosphoric acid groups is 1. The summed E-state index contributed by atoms with van der Waals surface area (Å²) in [6.45, 7) is 3.15. The molecule has 2 fully saturated rings. The van der Waals surface area contributed by atoms with Gasteiger partial charge >= 0.3 is 19.8 Å². The number of hydrogen-bond acceptors (Lipinski definition) is 13. The Balaban J connectivity index is 1.76. The van der Waals surface area contributed by atoms with Gasteiger partial charge in [-0.1, -0.05) is 132 Å². The molecule has 0 aromatic carbocycles. The summed E-state index contributed by atoms with van der Waals surface area (Å²) < 4.78 is 39.2. The number of ether oxygens (including phenoxy) is 3. The lowest BCUT2D eigenvalue weighted by Gasteiger charge is -2.41. The van der Waals surface area contributed by atoms with Crippen LogP contribution in [-0.4, -0.2) is 111 Å². The molecule has 2 rings (SSSR count). The molecule has 15 heteroatoms. The molecule has 1 heterocycles. The van der Waals surface area contributed by atoms with Crippen molar-refractivity contribution in [2.45, 2.75) is 210 Å². The summed E-state index contributed by atoms with van der Waals surface area (Å²) >= 11 is 0. The fraction of sp³-hybridized carbons (Fsp3) is 0.714. The third-order valence-corrected chi connectivity index (χ3v) is 11.9.